The summed E-state index contributed by atoms with van der Waals surface area (Å²) in [5.74, 6) is -0.490. The van der Waals surface area contributed by atoms with E-state index in [1.807, 2.05) is 18.2 Å². The number of carbonyl (C=O) groups excluding carboxylic acids is 3. The molecule has 0 aliphatic heterocycles. The third kappa shape index (κ3) is 11.4. The number of unbranched alkanes of at least 4 members (excludes halogenated alkanes) is 7. The highest BCUT2D eigenvalue weighted by atomic mass is 16.6. The molecule has 0 aliphatic rings. The van der Waals surface area contributed by atoms with Gasteiger partial charge >= 0.3 is 17.9 Å². The third-order valence-corrected chi connectivity index (χ3v) is 6.83. The van der Waals surface area contributed by atoms with Gasteiger partial charge in [0, 0.05) is 0 Å². The van der Waals surface area contributed by atoms with Crippen LogP contribution in [0.2, 0.25) is 0 Å². The van der Waals surface area contributed by atoms with E-state index in [-0.39, 0.29) is 6.61 Å². The van der Waals surface area contributed by atoms with Crippen LogP contribution in [-0.2, 0) is 14.3 Å². The van der Waals surface area contributed by atoms with Crippen molar-refractivity contribution >= 4 is 17.9 Å². The van der Waals surface area contributed by atoms with Gasteiger partial charge in [-0.2, -0.15) is 0 Å². The summed E-state index contributed by atoms with van der Waals surface area (Å²) in [5, 5.41) is 0. The van der Waals surface area contributed by atoms with Gasteiger partial charge in [0.2, 0.25) is 0 Å². The molecular weight excluding hydrogens is 544 g/mol. The second-order valence-electron chi connectivity index (χ2n) is 10.2. The lowest BCUT2D eigenvalue weighted by atomic mass is 10.0. The first-order chi connectivity index (χ1) is 20.9. The number of hydrogen-bond donors (Lipinski definition) is 0. The highest BCUT2D eigenvalue weighted by Crippen LogP contribution is 2.24. The summed E-state index contributed by atoms with van der Waals surface area (Å²) in [7, 11) is 0. The van der Waals surface area contributed by atoms with Crippen molar-refractivity contribution in [3.05, 3.63) is 96.6 Å². The van der Waals surface area contributed by atoms with Crippen LogP contribution in [0.1, 0.15) is 85.9 Å². The number of allylic oxidation sites excluding steroid dienone is 1. The zero-order valence-electron chi connectivity index (χ0n) is 25.2. The van der Waals surface area contributed by atoms with Crippen LogP contribution in [0.3, 0.4) is 0 Å². The van der Waals surface area contributed by atoms with Gasteiger partial charge < -0.3 is 18.9 Å². The maximum atomic E-state index is 12.6. The van der Waals surface area contributed by atoms with E-state index in [4.69, 9.17) is 18.9 Å². The second-order valence-corrected chi connectivity index (χ2v) is 10.2. The smallest absolute Gasteiger partial charge is 0.347 e. The summed E-state index contributed by atoms with van der Waals surface area (Å²) in [6.45, 7) is 7.80. The van der Waals surface area contributed by atoms with E-state index >= 15 is 0 Å². The first-order valence-corrected chi connectivity index (χ1v) is 15.0. The van der Waals surface area contributed by atoms with E-state index < -0.39 is 24.0 Å². The Morgan fingerprint density at radius 3 is 1.81 bits per heavy atom. The van der Waals surface area contributed by atoms with Gasteiger partial charge in [-0.25, -0.2) is 14.4 Å². The summed E-state index contributed by atoms with van der Waals surface area (Å²) >= 11 is 0. The number of carbonyl (C=O) groups is 3. The largest absolute Gasteiger partial charge is 0.494 e. The van der Waals surface area contributed by atoms with E-state index in [2.05, 4.69) is 6.58 Å². The molecule has 43 heavy (non-hydrogen) atoms. The fourth-order valence-corrected chi connectivity index (χ4v) is 4.37. The first kappa shape index (κ1) is 33.1. The monoisotopic (exact) mass is 586 g/mol. The lowest BCUT2D eigenvalue weighted by Gasteiger charge is -2.12. The molecule has 3 aromatic rings. The van der Waals surface area contributed by atoms with Gasteiger partial charge in [0.1, 0.15) is 11.5 Å². The molecule has 0 fully saturated rings. The number of hydrogen-bond acceptors (Lipinski definition) is 7. The van der Waals surface area contributed by atoms with Gasteiger partial charge in [-0.15, -0.1) is 6.58 Å². The molecule has 0 bridgehead atoms. The molecular formula is C36H42O7. The predicted octanol–water partition coefficient (Wildman–Crippen LogP) is 8.37. The topological polar surface area (TPSA) is 88.1 Å². The lowest BCUT2D eigenvalue weighted by Crippen LogP contribution is -2.26. The molecule has 3 aromatic carbocycles. The zero-order chi connectivity index (χ0) is 30.9. The molecule has 228 valence electrons. The van der Waals surface area contributed by atoms with Gasteiger partial charge in [0.25, 0.3) is 0 Å². The molecule has 3 rings (SSSR count). The SMILES string of the molecule is C=CCCCCCCCCCOc1ccc(C(=O)Oc2ccc(-c3ccc(C(=O)OC(C)C(=O)OCC)cc3)cc2)cc1. The summed E-state index contributed by atoms with van der Waals surface area (Å²) in [6, 6.07) is 20.9. The van der Waals surface area contributed by atoms with Gasteiger partial charge in [-0.05, 0) is 92.8 Å². The zero-order valence-corrected chi connectivity index (χ0v) is 25.2. The molecule has 7 nitrogen and oxygen atoms in total. The van der Waals surface area contributed by atoms with Crippen LogP contribution < -0.4 is 9.47 Å². The van der Waals surface area contributed by atoms with Crippen LogP contribution in [0.25, 0.3) is 11.1 Å². The minimum absolute atomic E-state index is 0.216. The van der Waals surface area contributed by atoms with Crippen LogP contribution in [0, 0.1) is 0 Å². The number of esters is 3. The van der Waals surface area contributed by atoms with Crippen LogP contribution >= 0.6 is 0 Å². The molecule has 0 aliphatic carbocycles. The molecule has 0 aromatic heterocycles. The Balaban J connectivity index is 1.41. The predicted molar refractivity (Wildman–Crippen MR) is 167 cm³/mol. The third-order valence-electron chi connectivity index (χ3n) is 6.83. The minimum atomic E-state index is -0.985. The Morgan fingerprint density at radius 2 is 1.21 bits per heavy atom. The molecule has 0 radical (unpaired) electrons. The van der Waals surface area contributed by atoms with Gasteiger partial charge in [-0.1, -0.05) is 62.4 Å². The van der Waals surface area contributed by atoms with Crippen molar-refractivity contribution in [1.29, 1.82) is 0 Å². The maximum absolute atomic E-state index is 12.6. The van der Waals surface area contributed by atoms with E-state index in [0.717, 1.165) is 36.1 Å². The summed E-state index contributed by atoms with van der Waals surface area (Å²) in [5.41, 5.74) is 2.50. The average Bonchev–Trinajstić information content (AvgIpc) is 3.02. The number of benzene rings is 3. The van der Waals surface area contributed by atoms with Crippen molar-refractivity contribution in [3.63, 3.8) is 0 Å². The molecule has 0 saturated heterocycles. The van der Waals surface area contributed by atoms with Crippen LogP contribution in [0.5, 0.6) is 11.5 Å². The Kier molecular flexibility index (Phi) is 14.0. The van der Waals surface area contributed by atoms with Crippen molar-refractivity contribution < 1.29 is 33.3 Å². The Morgan fingerprint density at radius 1 is 0.698 bits per heavy atom. The Labute approximate surface area is 254 Å². The van der Waals surface area contributed by atoms with E-state index in [1.165, 1.54) is 39.0 Å². The van der Waals surface area contributed by atoms with E-state index in [9.17, 15) is 14.4 Å². The molecule has 0 saturated carbocycles. The van der Waals surface area contributed by atoms with E-state index in [0.29, 0.717) is 23.5 Å². The van der Waals surface area contributed by atoms with Crippen LogP contribution in [0.4, 0.5) is 0 Å². The van der Waals surface area contributed by atoms with Crippen molar-refractivity contribution in [1.82, 2.24) is 0 Å². The van der Waals surface area contributed by atoms with Gasteiger partial charge in [-0.3, -0.25) is 0 Å². The Hall–Kier alpha value is -4.39. The molecule has 1 atom stereocenters. The quantitative estimate of drug-likeness (QED) is 0.0640. The summed E-state index contributed by atoms with van der Waals surface area (Å²) in [6.07, 6.45) is 10.6. The minimum Gasteiger partial charge on any atom is -0.494 e. The van der Waals surface area contributed by atoms with E-state index in [1.54, 1.807) is 67.6 Å². The average molecular weight is 587 g/mol. The van der Waals surface area contributed by atoms with Crippen molar-refractivity contribution in [3.8, 4) is 22.6 Å². The fraction of sp³-hybridized carbons (Fsp3) is 0.361. The fourth-order valence-electron chi connectivity index (χ4n) is 4.37. The highest BCUT2D eigenvalue weighted by molar-refractivity contribution is 5.92. The molecule has 0 heterocycles. The van der Waals surface area contributed by atoms with Gasteiger partial charge in [0.05, 0.1) is 24.3 Å². The second kappa shape index (κ2) is 18.2. The summed E-state index contributed by atoms with van der Waals surface area (Å²) in [4.78, 5) is 36.7. The van der Waals surface area contributed by atoms with Crippen molar-refractivity contribution in [2.24, 2.45) is 0 Å². The normalized spacial score (nSPS) is 11.3. The summed E-state index contributed by atoms with van der Waals surface area (Å²) < 4.78 is 21.4. The molecule has 0 amide bonds. The standard InChI is InChI=1S/C36H42O7/c1-4-6-7-8-9-10-11-12-13-26-41-32-22-20-31(21-23-32)36(39)43-33-24-18-29(19-25-33)28-14-16-30(17-15-28)35(38)42-27(3)34(37)40-5-2/h4,14-25,27H,1,5-13,26H2,2-3H3. The molecule has 1 unspecified atom stereocenters. The van der Waals surface area contributed by atoms with Crippen LogP contribution in [-0.4, -0.2) is 37.2 Å². The lowest BCUT2D eigenvalue weighted by molar-refractivity contribution is -0.152. The molecule has 7 heteroatoms. The highest BCUT2D eigenvalue weighted by Gasteiger charge is 2.20. The Bertz CT molecular complexity index is 1290. The first-order valence-electron chi connectivity index (χ1n) is 15.0. The number of ether oxygens (including phenoxy) is 4. The van der Waals surface area contributed by atoms with Crippen LogP contribution in [0.15, 0.2) is 85.5 Å². The van der Waals surface area contributed by atoms with Crippen molar-refractivity contribution in [2.45, 2.75) is 71.3 Å². The van der Waals surface area contributed by atoms with Gasteiger partial charge in [0.15, 0.2) is 6.10 Å². The number of rotatable bonds is 18. The van der Waals surface area contributed by atoms with Crippen molar-refractivity contribution in [2.75, 3.05) is 13.2 Å². The maximum Gasteiger partial charge on any atom is 0.347 e. The molecule has 0 N–H and O–H groups in total. The molecule has 0 spiro atoms.